The highest BCUT2D eigenvalue weighted by Gasteiger charge is 2.58. The van der Waals surface area contributed by atoms with Crippen LogP contribution in [0.25, 0.3) is 0 Å². The van der Waals surface area contributed by atoms with E-state index in [-0.39, 0.29) is 16.6 Å². The number of carbonyl (C=O) groups is 1. The van der Waals surface area contributed by atoms with Crippen molar-refractivity contribution in [2.45, 2.75) is 20.8 Å². The molecule has 0 aromatic rings. The summed E-state index contributed by atoms with van der Waals surface area (Å²) >= 11 is 5.32. The minimum atomic E-state index is -0.174. The van der Waals surface area contributed by atoms with Gasteiger partial charge in [-0.15, -0.1) is 0 Å². The van der Waals surface area contributed by atoms with Gasteiger partial charge in [0.1, 0.15) is 0 Å². The number of rotatable bonds is 1. The highest BCUT2D eigenvalue weighted by Crippen LogP contribution is 2.58. The van der Waals surface area contributed by atoms with Crippen molar-refractivity contribution in [2.24, 2.45) is 17.3 Å². The van der Waals surface area contributed by atoms with E-state index >= 15 is 0 Å². The molecule has 0 aromatic heterocycles. The number of hydrogen-bond acceptors (Lipinski definition) is 1. The van der Waals surface area contributed by atoms with Crippen LogP contribution >= 0.6 is 11.6 Å². The third-order valence-electron chi connectivity index (χ3n) is 2.61. The Labute approximate surface area is 60.4 Å². The zero-order valence-corrected chi connectivity index (χ0v) is 6.70. The molecule has 1 nitrogen and oxygen atoms in total. The number of halogens is 1. The van der Waals surface area contributed by atoms with Gasteiger partial charge in [0.25, 0.3) is 0 Å². The Morgan fingerprint density at radius 1 is 1.56 bits per heavy atom. The number of hydrogen-bond donors (Lipinski definition) is 0. The van der Waals surface area contributed by atoms with Crippen molar-refractivity contribution in [3.8, 4) is 0 Å². The molecule has 9 heavy (non-hydrogen) atoms. The zero-order valence-electron chi connectivity index (χ0n) is 5.94. The third-order valence-corrected chi connectivity index (χ3v) is 2.85. The second-order valence-electron chi connectivity index (χ2n) is 3.39. The van der Waals surface area contributed by atoms with Gasteiger partial charge in [-0.2, -0.15) is 0 Å². The van der Waals surface area contributed by atoms with Crippen molar-refractivity contribution >= 4 is 16.8 Å². The standard InChI is InChI=1S/C7H11ClO/c1-4-5(6(8)9)7(4,2)3/h4-5H,1-3H3/t4-,5+/m0/s1. The van der Waals surface area contributed by atoms with Gasteiger partial charge < -0.3 is 0 Å². The lowest BCUT2D eigenvalue weighted by atomic mass is 10.1. The van der Waals surface area contributed by atoms with Crippen LogP contribution in [0.15, 0.2) is 0 Å². The van der Waals surface area contributed by atoms with E-state index in [1.807, 2.05) is 0 Å². The van der Waals surface area contributed by atoms with Crippen molar-refractivity contribution in [2.75, 3.05) is 0 Å². The van der Waals surface area contributed by atoms with Gasteiger partial charge in [0, 0.05) is 5.92 Å². The van der Waals surface area contributed by atoms with Crippen molar-refractivity contribution in [3.63, 3.8) is 0 Å². The van der Waals surface area contributed by atoms with Gasteiger partial charge in [0.15, 0.2) is 0 Å². The number of carbonyl (C=O) groups excluding carboxylic acids is 1. The molecule has 1 saturated carbocycles. The van der Waals surface area contributed by atoms with Gasteiger partial charge in [-0.3, -0.25) is 4.79 Å². The average molecular weight is 147 g/mol. The molecular formula is C7H11ClO. The molecule has 52 valence electrons. The summed E-state index contributed by atoms with van der Waals surface area (Å²) in [7, 11) is 0. The Balaban J connectivity index is 2.62. The quantitative estimate of drug-likeness (QED) is 0.518. The van der Waals surface area contributed by atoms with E-state index in [2.05, 4.69) is 20.8 Å². The Bertz CT molecular complexity index is 151. The molecule has 0 aliphatic heterocycles. The van der Waals surface area contributed by atoms with Gasteiger partial charge in [0.05, 0.1) is 0 Å². The fourth-order valence-corrected chi connectivity index (χ4v) is 1.85. The first kappa shape index (κ1) is 7.07. The summed E-state index contributed by atoms with van der Waals surface area (Å²) in [4.78, 5) is 10.6. The molecule has 0 radical (unpaired) electrons. The molecule has 1 fully saturated rings. The van der Waals surface area contributed by atoms with Crippen LogP contribution in [0, 0.1) is 17.3 Å². The maximum absolute atomic E-state index is 10.6. The van der Waals surface area contributed by atoms with E-state index in [0.717, 1.165) is 0 Å². The van der Waals surface area contributed by atoms with E-state index in [1.165, 1.54) is 0 Å². The van der Waals surface area contributed by atoms with Gasteiger partial charge >= 0.3 is 0 Å². The SMILES string of the molecule is C[C@H]1[C@H](C(=O)Cl)C1(C)C. The Kier molecular flexibility index (Phi) is 1.35. The summed E-state index contributed by atoms with van der Waals surface area (Å²) in [6.45, 7) is 6.20. The van der Waals surface area contributed by atoms with Crippen LogP contribution in [-0.4, -0.2) is 5.24 Å². The maximum atomic E-state index is 10.6. The van der Waals surface area contributed by atoms with Crippen LogP contribution in [0.2, 0.25) is 0 Å². The summed E-state index contributed by atoms with van der Waals surface area (Å²) in [5.41, 5.74) is 0.166. The smallest absolute Gasteiger partial charge is 0.225 e. The molecule has 0 heterocycles. The van der Waals surface area contributed by atoms with Crippen LogP contribution in [0.4, 0.5) is 0 Å². The molecule has 0 unspecified atom stereocenters. The van der Waals surface area contributed by atoms with Gasteiger partial charge in [-0.05, 0) is 22.9 Å². The fourth-order valence-electron chi connectivity index (χ4n) is 1.38. The summed E-state index contributed by atoms with van der Waals surface area (Å²) in [5, 5.41) is -0.174. The lowest BCUT2D eigenvalue weighted by molar-refractivity contribution is -0.113. The highest BCUT2D eigenvalue weighted by atomic mass is 35.5. The molecule has 0 aromatic carbocycles. The van der Waals surface area contributed by atoms with E-state index in [9.17, 15) is 4.79 Å². The minimum Gasteiger partial charge on any atom is -0.281 e. The molecule has 1 rings (SSSR count). The monoisotopic (exact) mass is 146 g/mol. The van der Waals surface area contributed by atoms with E-state index in [0.29, 0.717) is 5.92 Å². The largest absolute Gasteiger partial charge is 0.281 e. The molecule has 1 aliphatic carbocycles. The maximum Gasteiger partial charge on any atom is 0.225 e. The molecule has 1 aliphatic rings. The molecule has 0 spiro atoms. The van der Waals surface area contributed by atoms with Gasteiger partial charge in [-0.1, -0.05) is 20.8 Å². The molecular weight excluding hydrogens is 136 g/mol. The first-order chi connectivity index (χ1) is 3.98. The second-order valence-corrected chi connectivity index (χ2v) is 3.76. The summed E-state index contributed by atoms with van der Waals surface area (Å²) < 4.78 is 0. The zero-order chi connectivity index (χ0) is 7.23. The summed E-state index contributed by atoms with van der Waals surface area (Å²) in [6.07, 6.45) is 0. The predicted molar refractivity (Wildman–Crippen MR) is 37.3 cm³/mol. The average Bonchev–Trinajstić information content (AvgIpc) is 2.07. The Morgan fingerprint density at radius 2 is 1.89 bits per heavy atom. The second kappa shape index (κ2) is 1.72. The lowest BCUT2D eigenvalue weighted by Crippen LogP contribution is -1.96. The first-order valence-corrected chi connectivity index (χ1v) is 3.55. The summed E-state index contributed by atoms with van der Waals surface area (Å²) in [5.74, 6) is 0.585. The predicted octanol–water partition coefficient (Wildman–Crippen LogP) is 2.04. The Hall–Kier alpha value is -0.0400. The highest BCUT2D eigenvalue weighted by molar-refractivity contribution is 6.64. The third kappa shape index (κ3) is 0.877. The molecule has 0 N–H and O–H groups in total. The molecule has 2 atom stereocenters. The van der Waals surface area contributed by atoms with Crippen molar-refractivity contribution in [1.29, 1.82) is 0 Å². The van der Waals surface area contributed by atoms with Crippen LogP contribution in [0.5, 0.6) is 0 Å². The normalized spacial score (nSPS) is 38.2. The topological polar surface area (TPSA) is 17.1 Å². The molecule has 0 amide bonds. The first-order valence-electron chi connectivity index (χ1n) is 3.17. The molecule has 2 heteroatoms. The van der Waals surface area contributed by atoms with Crippen molar-refractivity contribution in [1.82, 2.24) is 0 Å². The van der Waals surface area contributed by atoms with Gasteiger partial charge in [-0.25, -0.2) is 0 Å². The van der Waals surface area contributed by atoms with Crippen molar-refractivity contribution < 1.29 is 4.79 Å². The van der Waals surface area contributed by atoms with E-state index < -0.39 is 0 Å². The fraction of sp³-hybridized carbons (Fsp3) is 0.857. The molecule has 0 bridgehead atoms. The lowest BCUT2D eigenvalue weighted by Gasteiger charge is -1.95. The van der Waals surface area contributed by atoms with Crippen LogP contribution in [0.3, 0.4) is 0 Å². The van der Waals surface area contributed by atoms with Crippen LogP contribution in [0.1, 0.15) is 20.8 Å². The van der Waals surface area contributed by atoms with Crippen LogP contribution in [-0.2, 0) is 4.79 Å². The minimum absolute atomic E-state index is 0.110. The van der Waals surface area contributed by atoms with Gasteiger partial charge in [0.2, 0.25) is 5.24 Å². The summed E-state index contributed by atoms with van der Waals surface area (Å²) in [6, 6.07) is 0. The van der Waals surface area contributed by atoms with Crippen molar-refractivity contribution in [3.05, 3.63) is 0 Å². The van der Waals surface area contributed by atoms with Crippen LogP contribution < -0.4 is 0 Å². The van der Waals surface area contributed by atoms with E-state index in [1.54, 1.807) is 0 Å². The molecule has 0 saturated heterocycles. The van der Waals surface area contributed by atoms with E-state index in [4.69, 9.17) is 11.6 Å². The Morgan fingerprint density at radius 3 is 1.89 bits per heavy atom.